The van der Waals surface area contributed by atoms with Gasteiger partial charge in [-0.15, -0.1) is 22.7 Å². The molecule has 0 nitrogen and oxygen atoms in total. The van der Waals surface area contributed by atoms with Gasteiger partial charge in [-0.25, -0.2) is 0 Å². The van der Waals surface area contributed by atoms with Crippen molar-refractivity contribution in [2.45, 2.75) is 12.8 Å². The zero-order chi connectivity index (χ0) is 22.7. The zero-order valence-electron chi connectivity index (χ0n) is 18.8. The van der Waals surface area contributed by atoms with Gasteiger partial charge in [0.05, 0.1) is 0 Å². The summed E-state index contributed by atoms with van der Waals surface area (Å²) in [6, 6.07) is 35.3. The molecule has 0 amide bonds. The second kappa shape index (κ2) is 9.42. The van der Waals surface area contributed by atoms with Gasteiger partial charge in [0.15, 0.2) is 0 Å². The molecule has 2 aromatic heterocycles. The molecule has 0 radical (unpaired) electrons. The Morgan fingerprint density at radius 2 is 1.24 bits per heavy atom. The summed E-state index contributed by atoms with van der Waals surface area (Å²) in [5.74, 6) is 0. The maximum atomic E-state index is 2.36. The van der Waals surface area contributed by atoms with Gasteiger partial charge in [-0.3, -0.25) is 0 Å². The van der Waals surface area contributed by atoms with Crippen molar-refractivity contribution in [1.82, 2.24) is 0 Å². The predicted molar refractivity (Wildman–Crippen MR) is 150 cm³/mol. The minimum Gasteiger partial charge on any atom is -0.134 e. The number of hydrogen-bond donors (Lipinski definition) is 0. The lowest BCUT2D eigenvalue weighted by molar-refractivity contribution is 1.18. The summed E-state index contributed by atoms with van der Waals surface area (Å²) in [4.78, 5) is 5.30. The van der Waals surface area contributed by atoms with Crippen molar-refractivity contribution in [3.8, 4) is 30.6 Å². The normalized spacial score (nSPS) is 12.5. The zero-order valence-corrected chi connectivity index (χ0v) is 20.4. The van der Waals surface area contributed by atoms with Crippen LogP contribution in [0.1, 0.15) is 28.7 Å². The minimum absolute atomic E-state index is 0.943. The van der Waals surface area contributed by atoms with Gasteiger partial charge < -0.3 is 0 Å². The first-order valence-corrected chi connectivity index (χ1v) is 13.3. The molecule has 0 saturated heterocycles. The molecule has 164 valence electrons. The van der Waals surface area contributed by atoms with Gasteiger partial charge in [0.1, 0.15) is 0 Å². The molecule has 0 atom stereocenters. The van der Waals surface area contributed by atoms with Gasteiger partial charge >= 0.3 is 0 Å². The summed E-state index contributed by atoms with van der Waals surface area (Å²) in [6.45, 7) is 0. The van der Waals surface area contributed by atoms with Crippen LogP contribution >= 0.6 is 22.7 Å². The van der Waals surface area contributed by atoms with E-state index in [-0.39, 0.29) is 0 Å². The number of rotatable bonds is 5. The van der Waals surface area contributed by atoms with E-state index in [1.54, 1.807) is 0 Å². The van der Waals surface area contributed by atoms with Crippen LogP contribution < -0.4 is 0 Å². The third-order valence-electron chi connectivity index (χ3n) is 6.20. The molecule has 3 aromatic carbocycles. The number of benzene rings is 3. The third kappa shape index (κ3) is 4.35. The number of allylic oxidation sites excluding steroid dienone is 2. The lowest BCUT2D eigenvalue weighted by atomic mass is 9.95. The Morgan fingerprint density at radius 1 is 0.559 bits per heavy atom. The van der Waals surface area contributed by atoms with Crippen molar-refractivity contribution in [3.05, 3.63) is 131 Å². The molecular weight excluding hydrogens is 448 g/mol. The fourth-order valence-electron chi connectivity index (χ4n) is 4.50. The van der Waals surface area contributed by atoms with Crippen LogP contribution in [0.25, 0.3) is 42.8 Å². The first-order valence-electron chi connectivity index (χ1n) is 11.6. The summed E-state index contributed by atoms with van der Waals surface area (Å²) in [5, 5.41) is 0. The van der Waals surface area contributed by atoms with Crippen LogP contribution in [0.4, 0.5) is 0 Å². The molecule has 0 N–H and O–H groups in total. The molecule has 1 aliphatic carbocycles. The fraction of sp³-hybridized carbons (Fsp3) is 0.0625. The van der Waals surface area contributed by atoms with Crippen LogP contribution in [-0.4, -0.2) is 0 Å². The highest BCUT2D eigenvalue weighted by atomic mass is 32.1. The summed E-state index contributed by atoms with van der Waals surface area (Å²) >= 11 is 3.74. The summed E-state index contributed by atoms with van der Waals surface area (Å²) in [6.07, 6.45) is 11.0. The number of thiophene rings is 2. The molecule has 0 spiro atoms. The van der Waals surface area contributed by atoms with E-state index in [1.165, 1.54) is 52.9 Å². The van der Waals surface area contributed by atoms with Gasteiger partial charge in [-0.2, -0.15) is 0 Å². The molecule has 0 bridgehead atoms. The van der Waals surface area contributed by atoms with Crippen molar-refractivity contribution in [3.63, 3.8) is 0 Å². The van der Waals surface area contributed by atoms with Crippen molar-refractivity contribution in [1.29, 1.82) is 0 Å². The molecule has 1 aliphatic rings. The van der Waals surface area contributed by atoms with E-state index in [0.29, 0.717) is 0 Å². The van der Waals surface area contributed by atoms with Gasteiger partial charge in [0.2, 0.25) is 0 Å². The standard InChI is InChI=1S/C32H24S2/c1-4-11-25(12-5-1)29-17-19-31(33-29)32-20-18-30(34-32)27-15-7-9-23(22-27)21-26-14-8-13-24-10-3-2-6-16-28(24)26/h1,3-20,22H,2,21H2. The highest BCUT2D eigenvalue weighted by molar-refractivity contribution is 7.25. The molecule has 34 heavy (non-hydrogen) atoms. The largest absolute Gasteiger partial charge is 0.134 e. The summed E-state index contributed by atoms with van der Waals surface area (Å²) in [5.41, 5.74) is 7.99. The van der Waals surface area contributed by atoms with Crippen LogP contribution in [-0.2, 0) is 6.42 Å². The summed E-state index contributed by atoms with van der Waals surface area (Å²) in [7, 11) is 0. The molecule has 0 aliphatic heterocycles. The van der Waals surface area contributed by atoms with Crippen LogP contribution in [0.5, 0.6) is 0 Å². The maximum absolute atomic E-state index is 2.36. The van der Waals surface area contributed by atoms with Crippen LogP contribution in [0.3, 0.4) is 0 Å². The molecule has 5 aromatic rings. The van der Waals surface area contributed by atoms with Gasteiger partial charge in [0, 0.05) is 19.5 Å². The molecule has 2 heterocycles. The van der Waals surface area contributed by atoms with Crippen molar-refractivity contribution in [2.75, 3.05) is 0 Å². The minimum atomic E-state index is 0.943. The molecule has 0 saturated carbocycles. The Bertz CT molecular complexity index is 1500. The Balaban J connectivity index is 1.26. The first kappa shape index (κ1) is 21.1. The lowest BCUT2D eigenvalue weighted by Gasteiger charge is -2.10. The highest BCUT2D eigenvalue weighted by Gasteiger charge is 2.11. The van der Waals surface area contributed by atoms with Crippen molar-refractivity contribution in [2.24, 2.45) is 0 Å². The van der Waals surface area contributed by atoms with Gasteiger partial charge in [0.25, 0.3) is 0 Å². The van der Waals surface area contributed by atoms with Gasteiger partial charge in [-0.1, -0.05) is 97.1 Å². The number of hydrogen-bond acceptors (Lipinski definition) is 2. The molecule has 6 rings (SSSR count). The van der Waals surface area contributed by atoms with E-state index in [4.69, 9.17) is 0 Å². The smallest absolute Gasteiger partial charge is 0.0449 e. The fourth-order valence-corrected chi connectivity index (χ4v) is 6.61. The average molecular weight is 473 g/mol. The Morgan fingerprint density at radius 3 is 2.06 bits per heavy atom. The van der Waals surface area contributed by atoms with E-state index in [1.807, 2.05) is 22.7 Å². The van der Waals surface area contributed by atoms with Crippen LogP contribution in [0.2, 0.25) is 0 Å². The quantitative estimate of drug-likeness (QED) is 0.239. The van der Waals surface area contributed by atoms with E-state index in [0.717, 1.165) is 12.8 Å². The molecule has 0 fully saturated rings. The second-order valence-electron chi connectivity index (χ2n) is 8.53. The van der Waals surface area contributed by atoms with Crippen molar-refractivity contribution >= 4 is 34.8 Å². The number of fused-ring (bicyclic) bond motifs is 1. The Hall–Kier alpha value is -3.46. The van der Waals surface area contributed by atoms with Crippen LogP contribution in [0, 0.1) is 0 Å². The van der Waals surface area contributed by atoms with E-state index in [9.17, 15) is 0 Å². The predicted octanol–water partition coefficient (Wildman–Crippen LogP) is 9.83. The monoisotopic (exact) mass is 472 g/mol. The SMILES string of the molecule is C1=Cc2cccc(Cc3cccc(-c4ccc(-c5ccc(-c6ccccc6)s5)s4)c3)c2C=CC1. The topological polar surface area (TPSA) is 0 Å². The highest BCUT2D eigenvalue weighted by Crippen LogP contribution is 2.40. The Kier molecular flexibility index (Phi) is 5.85. The van der Waals surface area contributed by atoms with Crippen molar-refractivity contribution < 1.29 is 0 Å². The van der Waals surface area contributed by atoms with E-state index < -0.39 is 0 Å². The molecule has 2 heteroatoms. The average Bonchev–Trinajstić information content (AvgIpc) is 3.50. The maximum Gasteiger partial charge on any atom is 0.0449 e. The third-order valence-corrected chi connectivity index (χ3v) is 8.67. The van der Waals surface area contributed by atoms with E-state index in [2.05, 4.69) is 121 Å². The second-order valence-corrected chi connectivity index (χ2v) is 10.7. The van der Waals surface area contributed by atoms with E-state index >= 15 is 0 Å². The van der Waals surface area contributed by atoms with Crippen LogP contribution in [0.15, 0.2) is 109 Å². The molecular formula is C32H24S2. The lowest BCUT2D eigenvalue weighted by Crippen LogP contribution is -1.94. The molecule has 0 unspecified atom stereocenters. The first-order chi connectivity index (χ1) is 16.8. The summed E-state index contributed by atoms with van der Waals surface area (Å²) < 4.78 is 0. The van der Waals surface area contributed by atoms with Gasteiger partial charge in [-0.05, 0) is 70.5 Å². The Labute approximate surface area is 209 Å².